The van der Waals surface area contributed by atoms with Gasteiger partial charge in [0.05, 0.1) is 6.57 Å². The first-order valence-corrected chi connectivity index (χ1v) is 3.59. The average molecular weight is 217 g/mol. The van der Waals surface area contributed by atoms with Gasteiger partial charge in [-0.25, -0.2) is 4.85 Å². The van der Waals surface area contributed by atoms with Gasteiger partial charge in [0.15, 0.2) is 0 Å². The Morgan fingerprint density at radius 1 is 1.70 bits per heavy atom. The molecule has 0 aliphatic carbocycles. The number of hydrogen-bond donors (Lipinski definition) is 0. The van der Waals surface area contributed by atoms with Crippen molar-refractivity contribution in [3.05, 3.63) is 33.3 Å². The summed E-state index contributed by atoms with van der Waals surface area (Å²) in [6.07, 6.45) is 1.49. The summed E-state index contributed by atoms with van der Waals surface area (Å²) in [5.74, 6) is 0. The molecule has 4 heteroatoms. The van der Waals surface area contributed by atoms with Crippen molar-refractivity contribution in [2.24, 2.45) is 0 Å². The van der Waals surface area contributed by atoms with E-state index in [1.54, 1.807) is 6.07 Å². The van der Waals surface area contributed by atoms with Gasteiger partial charge in [-0.1, -0.05) is 11.6 Å². The lowest BCUT2D eigenvalue weighted by molar-refractivity contribution is 1.29. The quantitative estimate of drug-likeness (QED) is 0.482. The second-order valence-electron chi connectivity index (χ2n) is 1.58. The molecule has 10 heavy (non-hydrogen) atoms. The van der Waals surface area contributed by atoms with E-state index in [1.165, 1.54) is 6.20 Å². The highest BCUT2D eigenvalue weighted by atomic mass is 79.9. The van der Waals surface area contributed by atoms with Crippen LogP contribution in [0.25, 0.3) is 4.85 Å². The first-order valence-electron chi connectivity index (χ1n) is 2.42. The minimum absolute atomic E-state index is 0.438. The van der Waals surface area contributed by atoms with Gasteiger partial charge in [0.2, 0.25) is 5.69 Å². The van der Waals surface area contributed by atoms with Crippen molar-refractivity contribution in [3.8, 4) is 0 Å². The zero-order valence-corrected chi connectivity index (χ0v) is 7.15. The predicted molar refractivity (Wildman–Crippen MR) is 43.2 cm³/mol. The van der Waals surface area contributed by atoms with Crippen LogP contribution in [0.5, 0.6) is 0 Å². The van der Waals surface area contributed by atoms with Crippen molar-refractivity contribution in [2.75, 3.05) is 0 Å². The summed E-state index contributed by atoms with van der Waals surface area (Å²) in [5.41, 5.74) is 0.438. The van der Waals surface area contributed by atoms with Crippen LogP contribution in [0.4, 0.5) is 5.69 Å². The molecule has 0 aliphatic rings. The number of aromatic nitrogens is 1. The van der Waals surface area contributed by atoms with E-state index in [1.807, 2.05) is 0 Å². The Balaban J connectivity index is 3.25. The molecule has 0 bridgehead atoms. The Labute approximate surface area is 71.8 Å². The molecule has 0 aliphatic heterocycles. The minimum atomic E-state index is 0.438. The van der Waals surface area contributed by atoms with Crippen molar-refractivity contribution in [3.63, 3.8) is 0 Å². The van der Waals surface area contributed by atoms with Crippen LogP contribution in [-0.2, 0) is 0 Å². The van der Waals surface area contributed by atoms with E-state index in [9.17, 15) is 0 Å². The molecule has 1 aromatic heterocycles. The molecule has 1 aromatic rings. The van der Waals surface area contributed by atoms with Gasteiger partial charge in [-0.3, -0.25) is 4.98 Å². The van der Waals surface area contributed by atoms with Gasteiger partial charge in [-0.2, -0.15) is 0 Å². The molecule has 0 atom stereocenters. The SMILES string of the molecule is [C-]#[N+]c1cc(Cl)cnc1Br. The topological polar surface area (TPSA) is 17.2 Å². The van der Waals surface area contributed by atoms with Crippen molar-refractivity contribution >= 4 is 33.2 Å². The van der Waals surface area contributed by atoms with E-state index in [-0.39, 0.29) is 0 Å². The van der Waals surface area contributed by atoms with Crippen LogP contribution >= 0.6 is 27.5 Å². The Morgan fingerprint density at radius 2 is 2.40 bits per heavy atom. The molecule has 0 aromatic carbocycles. The lowest BCUT2D eigenvalue weighted by atomic mass is 10.4. The highest BCUT2D eigenvalue weighted by Gasteiger charge is 1.99. The monoisotopic (exact) mass is 216 g/mol. The van der Waals surface area contributed by atoms with Gasteiger partial charge in [0, 0.05) is 11.2 Å². The Kier molecular flexibility index (Phi) is 2.25. The summed E-state index contributed by atoms with van der Waals surface area (Å²) in [6, 6.07) is 1.56. The average Bonchev–Trinajstić information content (AvgIpc) is 1.94. The molecule has 1 heterocycles. The highest BCUT2D eigenvalue weighted by Crippen LogP contribution is 2.25. The van der Waals surface area contributed by atoms with Crippen LogP contribution in [0.3, 0.4) is 0 Å². The molecule has 0 radical (unpaired) electrons. The van der Waals surface area contributed by atoms with Crippen LogP contribution < -0.4 is 0 Å². The number of hydrogen-bond acceptors (Lipinski definition) is 1. The van der Waals surface area contributed by atoms with Gasteiger partial charge in [-0.15, -0.1) is 0 Å². The molecule has 0 unspecified atom stereocenters. The summed E-state index contributed by atoms with van der Waals surface area (Å²) >= 11 is 8.68. The van der Waals surface area contributed by atoms with Crippen LogP contribution in [0.1, 0.15) is 0 Å². The van der Waals surface area contributed by atoms with Crippen LogP contribution in [-0.4, -0.2) is 4.98 Å². The number of halogens is 2. The first-order chi connectivity index (χ1) is 4.74. The molecule has 0 N–H and O–H groups in total. The van der Waals surface area contributed by atoms with Crippen LogP contribution in [0.2, 0.25) is 5.02 Å². The van der Waals surface area contributed by atoms with Crippen molar-refractivity contribution in [2.45, 2.75) is 0 Å². The molecule has 0 saturated heterocycles. The standard InChI is InChI=1S/C6H2BrClN2/c1-9-5-2-4(8)3-10-6(5)7/h2-3H. The fourth-order valence-electron chi connectivity index (χ4n) is 0.490. The maximum Gasteiger partial charge on any atom is 0.220 e. The van der Waals surface area contributed by atoms with Crippen LogP contribution in [0, 0.1) is 6.57 Å². The van der Waals surface area contributed by atoms with Gasteiger partial charge in [0.25, 0.3) is 0 Å². The van der Waals surface area contributed by atoms with E-state index < -0.39 is 0 Å². The van der Waals surface area contributed by atoms with E-state index in [0.29, 0.717) is 15.3 Å². The maximum atomic E-state index is 6.68. The third kappa shape index (κ3) is 1.47. The molecule has 0 saturated carbocycles. The summed E-state index contributed by atoms with van der Waals surface area (Å²) < 4.78 is 0.534. The lowest BCUT2D eigenvalue weighted by Crippen LogP contribution is -1.73. The number of nitrogens with zero attached hydrogens (tertiary/aromatic N) is 2. The Bertz CT molecular complexity index is 292. The van der Waals surface area contributed by atoms with Gasteiger partial charge in [0.1, 0.15) is 4.60 Å². The molecular formula is C6H2BrClN2. The van der Waals surface area contributed by atoms with Crippen molar-refractivity contribution in [1.82, 2.24) is 4.98 Å². The second kappa shape index (κ2) is 3.00. The molecule has 0 fully saturated rings. The minimum Gasteiger partial charge on any atom is -0.260 e. The van der Waals surface area contributed by atoms with E-state index in [2.05, 4.69) is 25.8 Å². The summed E-state index contributed by atoms with van der Waals surface area (Å²) in [7, 11) is 0. The molecule has 1 rings (SSSR count). The van der Waals surface area contributed by atoms with E-state index >= 15 is 0 Å². The number of rotatable bonds is 0. The van der Waals surface area contributed by atoms with Gasteiger partial charge in [-0.05, 0) is 22.0 Å². The van der Waals surface area contributed by atoms with Gasteiger partial charge >= 0.3 is 0 Å². The third-order valence-electron chi connectivity index (χ3n) is 0.908. The molecule has 0 spiro atoms. The predicted octanol–water partition coefficient (Wildman–Crippen LogP) is 3.05. The fraction of sp³-hybridized carbons (Fsp3) is 0. The summed E-state index contributed by atoms with van der Waals surface area (Å²) in [5, 5.41) is 0.481. The molecule has 50 valence electrons. The fourth-order valence-corrected chi connectivity index (χ4v) is 0.948. The third-order valence-corrected chi connectivity index (χ3v) is 1.73. The van der Waals surface area contributed by atoms with Gasteiger partial charge < -0.3 is 0 Å². The van der Waals surface area contributed by atoms with E-state index in [0.717, 1.165) is 0 Å². The molecular weight excluding hydrogens is 215 g/mol. The zero-order valence-electron chi connectivity index (χ0n) is 4.81. The lowest BCUT2D eigenvalue weighted by Gasteiger charge is -1.92. The maximum absolute atomic E-state index is 6.68. The Morgan fingerprint density at radius 3 is 2.90 bits per heavy atom. The van der Waals surface area contributed by atoms with Crippen LogP contribution in [0.15, 0.2) is 16.9 Å². The summed E-state index contributed by atoms with van der Waals surface area (Å²) in [4.78, 5) is 7.01. The molecule has 0 amide bonds. The Hall–Kier alpha value is -0.590. The molecule has 2 nitrogen and oxygen atoms in total. The van der Waals surface area contributed by atoms with E-state index in [4.69, 9.17) is 18.2 Å². The largest absolute Gasteiger partial charge is 0.260 e. The summed E-state index contributed by atoms with van der Waals surface area (Å²) in [6.45, 7) is 6.68. The van der Waals surface area contributed by atoms with Crippen molar-refractivity contribution < 1.29 is 0 Å². The second-order valence-corrected chi connectivity index (χ2v) is 2.76. The first kappa shape index (κ1) is 7.52. The smallest absolute Gasteiger partial charge is 0.220 e. The zero-order chi connectivity index (χ0) is 7.56. The number of pyridine rings is 1. The highest BCUT2D eigenvalue weighted by molar-refractivity contribution is 9.10. The normalized spacial score (nSPS) is 8.90. The van der Waals surface area contributed by atoms with Crippen molar-refractivity contribution in [1.29, 1.82) is 0 Å².